The highest BCUT2D eigenvalue weighted by molar-refractivity contribution is 6.43. The van der Waals surface area contributed by atoms with Gasteiger partial charge in [0.2, 0.25) is 0 Å². The fraction of sp³-hybridized carbons (Fsp3) is 0.409. The molecule has 0 spiro atoms. The lowest BCUT2D eigenvalue weighted by Gasteiger charge is -2.33. The number of H-pyrrole nitrogens is 1. The molecular weight excluding hydrogens is 389 g/mol. The Kier molecular flexibility index (Phi) is 6.66. The largest absolute Gasteiger partial charge is 0.462 e. The number of esters is 1. The van der Waals surface area contributed by atoms with Crippen LogP contribution in [0.25, 0.3) is 11.1 Å². The Morgan fingerprint density at radius 2 is 1.77 bits per heavy atom. The number of amides is 1. The lowest BCUT2D eigenvalue weighted by atomic mass is 9.97. The molecule has 1 aromatic heterocycles. The summed E-state index contributed by atoms with van der Waals surface area (Å²) in [6.45, 7) is 8.57. The maximum Gasteiger partial charge on any atom is 0.340 e. The minimum absolute atomic E-state index is 0.0638. The van der Waals surface area contributed by atoms with Crippen LogP contribution in [0, 0.1) is 12.7 Å². The summed E-state index contributed by atoms with van der Waals surface area (Å²) < 4.78 is 19.7. The maximum atomic E-state index is 14.6. The van der Waals surface area contributed by atoms with Gasteiger partial charge in [0.05, 0.1) is 12.2 Å². The number of aromatic amines is 1. The van der Waals surface area contributed by atoms with Crippen molar-refractivity contribution in [3.05, 3.63) is 47.0 Å². The number of likely N-dealkylation sites (N-methyl/N-ethyl adjacent to an activating group) is 1. The van der Waals surface area contributed by atoms with Gasteiger partial charge < -0.3 is 19.5 Å². The van der Waals surface area contributed by atoms with E-state index in [0.717, 1.165) is 6.54 Å². The zero-order chi connectivity index (χ0) is 21.8. The quantitative estimate of drug-likeness (QED) is 0.446. The number of aromatic nitrogens is 1. The number of piperazine rings is 1. The van der Waals surface area contributed by atoms with Crippen LogP contribution >= 0.6 is 0 Å². The highest BCUT2D eigenvalue weighted by Crippen LogP contribution is 2.33. The third-order valence-electron chi connectivity index (χ3n) is 5.34. The molecule has 0 saturated carbocycles. The van der Waals surface area contributed by atoms with Gasteiger partial charge in [-0.3, -0.25) is 9.59 Å². The third kappa shape index (κ3) is 4.14. The van der Waals surface area contributed by atoms with Gasteiger partial charge in [-0.1, -0.05) is 25.1 Å². The number of carbonyl (C=O) groups excluding carboxylic acids is 3. The molecule has 0 bridgehead atoms. The van der Waals surface area contributed by atoms with Crippen molar-refractivity contribution >= 4 is 17.7 Å². The fourth-order valence-corrected chi connectivity index (χ4v) is 3.70. The van der Waals surface area contributed by atoms with Crippen LogP contribution in [-0.2, 0) is 9.53 Å². The predicted molar refractivity (Wildman–Crippen MR) is 110 cm³/mol. The smallest absolute Gasteiger partial charge is 0.340 e. The van der Waals surface area contributed by atoms with Crippen LogP contribution in [0.15, 0.2) is 24.3 Å². The van der Waals surface area contributed by atoms with Crippen molar-refractivity contribution in [2.45, 2.75) is 20.8 Å². The van der Waals surface area contributed by atoms with Gasteiger partial charge in [0.15, 0.2) is 0 Å². The molecule has 0 atom stereocenters. The van der Waals surface area contributed by atoms with Crippen LogP contribution in [0.3, 0.4) is 0 Å². The van der Waals surface area contributed by atoms with E-state index >= 15 is 0 Å². The number of nitrogens with zero attached hydrogens (tertiary/aromatic N) is 2. The molecule has 2 aromatic rings. The van der Waals surface area contributed by atoms with E-state index < -0.39 is 23.5 Å². The molecular formula is C22H26FN3O4. The van der Waals surface area contributed by atoms with Gasteiger partial charge in [-0.15, -0.1) is 0 Å². The first-order chi connectivity index (χ1) is 14.4. The zero-order valence-corrected chi connectivity index (χ0v) is 17.5. The molecule has 30 heavy (non-hydrogen) atoms. The van der Waals surface area contributed by atoms with Crippen LogP contribution in [-0.4, -0.2) is 71.8 Å². The lowest BCUT2D eigenvalue weighted by molar-refractivity contribution is -0.128. The Morgan fingerprint density at radius 1 is 1.10 bits per heavy atom. The second-order valence-corrected chi connectivity index (χ2v) is 7.13. The molecule has 0 radical (unpaired) electrons. The van der Waals surface area contributed by atoms with Crippen LogP contribution < -0.4 is 0 Å². The van der Waals surface area contributed by atoms with Gasteiger partial charge in [0.25, 0.3) is 11.7 Å². The van der Waals surface area contributed by atoms with Crippen molar-refractivity contribution in [2.75, 3.05) is 39.3 Å². The molecule has 7 nitrogen and oxygen atoms in total. The first-order valence-corrected chi connectivity index (χ1v) is 10.1. The van der Waals surface area contributed by atoms with Crippen molar-refractivity contribution in [3.63, 3.8) is 0 Å². The van der Waals surface area contributed by atoms with E-state index in [2.05, 4.69) is 9.88 Å². The third-order valence-corrected chi connectivity index (χ3v) is 5.34. The van der Waals surface area contributed by atoms with Crippen molar-refractivity contribution < 1.29 is 23.5 Å². The average molecular weight is 415 g/mol. The Bertz CT molecular complexity index is 961. The fourth-order valence-electron chi connectivity index (χ4n) is 3.70. The number of carbonyl (C=O) groups is 3. The van der Waals surface area contributed by atoms with Gasteiger partial charge in [-0.25, -0.2) is 9.18 Å². The summed E-state index contributed by atoms with van der Waals surface area (Å²) in [5.41, 5.74) is 0.447. The molecule has 3 rings (SSSR count). The van der Waals surface area contributed by atoms with Crippen LogP contribution in [0.2, 0.25) is 0 Å². The Hall–Kier alpha value is -3.00. The standard InChI is InChI=1S/C22H26FN3O4/c1-4-25-10-12-26(13-11-25)21(28)20(27)19-18(15-8-6-7-9-16(15)23)17(14(3)24-19)22(29)30-5-2/h6-9,24H,4-5,10-13H2,1-3H3. The van der Waals surface area contributed by atoms with E-state index in [9.17, 15) is 18.8 Å². The van der Waals surface area contributed by atoms with Crippen molar-refractivity contribution in [1.29, 1.82) is 0 Å². The normalized spacial score (nSPS) is 14.6. The summed E-state index contributed by atoms with van der Waals surface area (Å²) in [4.78, 5) is 45.1. The number of rotatable bonds is 6. The summed E-state index contributed by atoms with van der Waals surface area (Å²) in [5.74, 6) is -2.73. The molecule has 1 aliphatic heterocycles. The molecule has 8 heteroatoms. The first kappa shape index (κ1) is 21.7. The zero-order valence-electron chi connectivity index (χ0n) is 17.5. The van der Waals surface area contributed by atoms with E-state index in [4.69, 9.17) is 4.74 Å². The van der Waals surface area contributed by atoms with E-state index in [1.807, 2.05) is 6.92 Å². The van der Waals surface area contributed by atoms with Crippen molar-refractivity contribution in [3.8, 4) is 11.1 Å². The van der Waals surface area contributed by atoms with Crippen LogP contribution in [0.1, 0.15) is 40.4 Å². The summed E-state index contributed by atoms with van der Waals surface area (Å²) in [7, 11) is 0. The van der Waals surface area contributed by atoms with Crippen molar-refractivity contribution in [1.82, 2.24) is 14.8 Å². The highest BCUT2D eigenvalue weighted by atomic mass is 19.1. The number of ether oxygens (including phenoxy) is 1. The second kappa shape index (κ2) is 9.21. The summed E-state index contributed by atoms with van der Waals surface area (Å²) in [6.07, 6.45) is 0. The average Bonchev–Trinajstić information content (AvgIpc) is 3.10. The van der Waals surface area contributed by atoms with Gasteiger partial charge in [0, 0.05) is 43.0 Å². The molecule has 1 saturated heterocycles. The lowest BCUT2D eigenvalue weighted by Crippen LogP contribution is -2.50. The minimum Gasteiger partial charge on any atom is -0.462 e. The molecule has 1 aromatic carbocycles. The van der Waals surface area contributed by atoms with Gasteiger partial charge >= 0.3 is 5.97 Å². The number of halogens is 1. The monoisotopic (exact) mass is 415 g/mol. The molecule has 1 amide bonds. The van der Waals surface area contributed by atoms with E-state index in [0.29, 0.717) is 31.9 Å². The molecule has 1 fully saturated rings. The number of hydrogen-bond donors (Lipinski definition) is 1. The van der Waals surface area contributed by atoms with Gasteiger partial charge in [-0.05, 0) is 26.5 Å². The maximum absolute atomic E-state index is 14.6. The Morgan fingerprint density at radius 3 is 2.37 bits per heavy atom. The number of nitrogens with one attached hydrogen (secondary N) is 1. The van der Waals surface area contributed by atoms with E-state index in [1.54, 1.807) is 19.9 Å². The van der Waals surface area contributed by atoms with Crippen molar-refractivity contribution in [2.24, 2.45) is 0 Å². The Balaban J connectivity index is 2.03. The SMILES string of the molecule is CCOC(=O)c1c(C)[nH]c(C(=O)C(=O)N2CCN(CC)CC2)c1-c1ccccc1F. The predicted octanol–water partition coefficient (Wildman–Crippen LogP) is 2.65. The van der Waals surface area contributed by atoms with E-state index in [1.165, 1.54) is 23.1 Å². The molecule has 0 aliphatic carbocycles. The van der Waals surface area contributed by atoms with Gasteiger partial charge in [-0.2, -0.15) is 0 Å². The second-order valence-electron chi connectivity index (χ2n) is 7.13. The van der Waals surface area contributed by atoms with Crippen LogP contribution in [0.4, 0.5) is 4.39 Å². The first-order valence-electron chi connectivity index (χ1n) is 10.1. The molecule has 160 valence electrons. The topological polar surface area (TPSA) is 82.7 Å². The number of ketones is 1. The summed E-state index contributed by atoms with van der Waals surface area (Å²) in [5, 5.41) is 0. The number of Topliss-reactive ketones (excluding diaryl/α,β-unsaturated/α-hetero) is 1. The highest BCUT2D eigenvalue weighted by Gasteiger charge is 2.33. The number of benzene rings is 1. The molecule has 1 aliphatic rings. The van der Waals surface area contributed by atoms with Gasteiger partial charge in [0.1, 0.15) is 11.5 Å². The minimum atomic E-state index is -0.795. The Labute approximate surface area is 174 Å². The number of hydrogen-bond acceptors (Lipinski definition) is 5. The summed E-state index contributed by atoms with van der Waals surface area (Å²) in [6, 6.07) is 5.84. The molecule has 0 unspecified atom stereocenters. The summed E-state index contributed by atoms with van der Waals surface area (Å²) >= 11 is 0. The van der Waals surface area contributed by atoms with Crippen LogP contribution in [0.5, 0.6) is 0 Å². The molecule has 2 heterocycles. The van der Waals surface area contributed by atoms with E-state index in [-0.39, 0.29) is 29.0 Å². The molecule has 1 N–H and O–H groups in total. The number of aryl methyl sites for hydroxylation is 1.